The van der Waals surface area contributed by atoms with Gasteiger partial charge in [0.2, 0.25) is 0 Å². The van der Waals surface area contributed by atoms with E-state index in [-0.39, 0.29) is 10.8 Å². The van der Waals surface area contributed by atoms with Gasteiger partial charge in [-0.25, -0.2) is 5.84 Å². The summed E-state index contributed by atoms with van der Waals surface area (Å²) in [6.07, 6.45) is 1.61. The highest BCUT2D eigenvalue weighted by atomic mass is 127. The smallest absolute Gasteiger partial charge is 0.264 e. The minimum atomic E-state index is -3.65. The van der Waals surface area contributed by atoms with E-state index < -0.39 is 10.0 Å². The quantitative estimate of drug-likeness (QED) is 0.633. The van der Waals surface area contributed by atoms with Crippen molar-refractivity contribution in [1.29, 1.82) is 0 Å². The Labute approximate surface area is 127 Å². The second-order valence-corrected chi connectivity index (χ2v) is 7.24. The molecule has 0 bridgehead atoms. The van der Waals surface area contributed by atoms with E-state index >= 15 is 0 Å². The van der Waals surface area contributed by atoms with Crippen molar-refractivity contribution in [3.63, 3.8) is 0 Å². The fraction of sp³-hybridized carbons (Fsp3) is 0.417. The van der Waals surface area contributed by atoms with Gasteiger partial charge in [0.1, 0.15) is 10.7 Å². The molecule has 0 unspecified atom stereocenters. The van der Waals surface area contributed by atoms with Crippen molar-refractivity contribution < 1.29 is 8.42 Å². The largest absolute Gasteiger partial charge is 0.286 e. The van der Waals surface area contributed by atoms with Crippen molar-refractivity contribution in [2.45, 2.75) is 31.6 Å². The van der Waals surface area contributed by atoms with Gasteiger partial charge in [-0.3, -0.25) is 5.01 Å². The molecule has 19 heavy (non-hydrogen) atoms. The third-order valence-corrected chi connectivity index (χ3v) is 5.25. The number of hydrogen-bond donors (Lipinski definition) is 1. The summed E-state index contributed by atoms with van der Waals surface area (Å²) in [5.41, 5.74) is 0.498. The second kappa shape index (κ2) is 5.37. The molecule has 2 rings (SSSR count). The highest BCUT2D eigenvalue weighted by Gasteiger charge is 2.32. The fourth-order valence-electron chi connectivity index (χ4n) is 2.16. The van der Waals surface area contributed by atoms with Crippen LogP contribution in [-0.4, -0.2) is 14.3 Å². The maximum atomic E-state index is 12.2. The minimum Gasteiger partial charge on any atom is -0.264 e. The van der Waals surface area contributed by atoms with Crippen LogP contribution in [0.15, 0.2) is 27.5 Å². The molecule has 7 heteroatoms. The number of anilines is 1. The molecule has 0 aromatic heterocycles. The average molecular weight is 393 g/mol. The van der Waals surface area contributed by atoms with E-state index in [1.807, 2.05) is 19.9 Å². The first-order valence-electron chi connectivity index (χ1n) is 6.10. The number of hydrazine groups is 1. The predicted octanol–water partition coefficient (Wildman–Crippen LogP) is 2.51. The molecule has 0 amide bonds. The monoisotopic (exact) mass is 393 g/mol. The third-order valence-electron chi connectivity index (χ3n) is 3.27. The van der Waals surface area contributed by atoms with E-state index in [2.05, 4.69) is 27.0 Å². The van der Waals surface area contributed by atoms with Crippen molar-refractivity contribution >= 4 is 44.1 Å². The summed E-state index contributed by atoms with van der Waals surface area (Å²) in [4.78, 5) is 0.177. The van der Waals surface area contributed by atoms with Gasteiger partial charge in [0, 0.05) is 9.49 Å². The molecule has 0 spiro atoms. The summed E-state index contributed by atoms with van der Waals surface area (Å²) in [6.45, 7) is 4.00. The number of sulfonamides is 1. The summed E-state index contributed by atoms with van der Waals surface area (Å²) in [7, 11) is -3.65. The molecule has 5 nitrogen and oxygen atoms in total. The number of benzene rings is 1. The molecule has 0 fully saturated rings. The molecular weight excluding hydrogens is 377 g/mol. The molecule has 2 N–H and O–H groups in total. The van der Waals surface area contributed by atoms with Crippen LogP contribution in [0.3, 0.4) is 0 Å². The molecule has 1 aromatic carbocycles. The molecule has 1 aromatic rings. The highest BCUT2D eigenvalue weighted by molar-refractivity contribution is 14.1. The summed E-state index contributed by atoms with van der Waals surface area (Å²) in [6, 6.07) is 5.16. The van der Waals surface area contributed by atoms with Crippen LogP contribution in [0.4, 0.5) is 5.69 Å². The van der Waals surface area contributed by atoms with Gasteiger partial charge in [-0.05, 0) is 53.6 Å². The SMILES string of the molecule is CCC(CC)C1=NS(=O)(=O)c2cc(I)ccc2N1N. The van der Waals surface area contributed by atoms with E-state index in [1.165, 1.54) is 5.01 Å². The van der Waals surface area contributed by atoms with E-state index in [0.717, 1.165) is 16.4 Å². The predicted molar refractivity (Wildman–Crippen MR) is 84.5 cm³/mol. The maximum Gasteiger partial charge on any atom is 0.286 e. The van der Waals surface area contributed by atoms with Crippen LogP contribution < -0.4 is 10.9 Å². The second-order valence-electron chi connectivity index (χ2n) is 4.42. The zero-order chi connectivity index (χ0) is 14.2. The molecular formula is C12H16IN3O2S. The van der Waals surface area contributed by atoms with Gasteiger partial charge in [0.15, 0.2) is 0 Å². The number of nitrogens with zero attached hydrogens (tertiary/aromatic N) is 2. The van der Waals surface area contributed by atoms with Crippen LogP contribution >= 0.6 is 22.6 Å². The summed E-state index contributed by atoms with van der Waals surface area (Å²) < 4.78 is 29.2. The Morgan fingerprint density at radius 1 is 1.37 bits per heavy atom. The topological polar surface area (TPSA) is 75.8 Å². The number of hydrogen-bond acceptors (Lipinski definition) is 4. The van der Waals surface area contributed by atoms with Gasteiger partial charge in [0.25, 0.3) is 10.0 Å². The first-order valence-corrected chi connectivity index (χ1v) is 8.61. The number of amidine groups is 1. The number of nitrogens with two attached hydrogens (primary N) is 1. The molecule has 1 heterocycles. The van der Waals surface area contributed by atoms with Crippen molar-refractivity contribution in [3.05, 3.63) is 21.8 Å². The lowest BCUT2D eigenvalue weighted by Crippen LogP contribution is -2.45. The number of fused-ring (bicyclic) bond motifs is 1. The number of rotatable bonds is 3. The van der Waals surface area contributed by atoms with Crippen LogP contribution in [0.1, 0.15) is 26.7 Å². The van der Waals surface area contributed by atoms with Crippen molar-refractivity contribution in [2.75, 3.05) is 5.01 Å². The Balaban J connectivity index is 2.61. The summed E-state index contributed by atoms with van der Waals surface area (Å²) >= 11 is 2.07. The lowest BCUT2D eigenvalue weighted by molar-refractivity contribution is 0.590. The van der Waals surface area contributed by atoms with Crippen LogP contribution in [0.5, 0.6) is 0 Å². The Morgan fingerprint density at radius 2 is 2.00 bits per heavy atom. The van der Waals surface area contributed by atoms with E-state index in [9.17, 15) is 8.42 Å². The Bertz CT molecular complexity index is 624. The Morgan fingerprint density at radius 3 is 2.58 bits per heavy atom. The molecule has 0 aliphatic carbocycles. The molecule has 0 atom stereocenters. The van der Waals surface area contributed by atoms with Crippen LogP contribution in [0.2, 0.25) is 0 Å². The van der Waals surface area contributed by atoms with E-state index in [4.69, 9.17) is 5.84 Å². The third kappa shape index (κ3) is 2.63. The van der Waals surface area contributed by atoms with Crippen LogP contribution in [0.25, 0.3) is 0 Å². The number of halogens is 1. The summed E-state index contributed by atoms with van der Waals surface area (Å²) in [5.74, 6) is 6.53. The first-order chi connectivity index (χ1) is 8.90. The highest BCUT2D eigenvalue weighted by Crippen LogP contribution is 2.33. The zero-order valence-electron chi connectivity index (χ0n) is 10.8. The maximum absolute atomic E-state index is 12.2. The molecule has 1 aliphatic heterocycles. The fourth-order valence-corrected chi connectivity index (χ4v) is 4.15. The molecule has 0 saturated carbocycles. The van der Waals surface area contributed by atoms with E-state index in [0.29, 0.717) is 11.5 Å². The van der Waals surface area contributed by atoms with Gasteiger partial charge in [-0.15, -0.1) is 4.40 Å². The standard InChI is InChI=1S/C12H16IN3O2S/c1-3-8(4-2)12-15-19(17,18)11-7-9(13)5-6-10(11)16(12)14/h5-8H,3-4,14H2,1-2H3. The summed E-state index contributed by atoms with van der Waals surface area (Å²) in [5, 5.41) is 1.41. The molecule has 1 aliphatic rings. The zero-order valence-corrected chi connectivity index (χ0v) is 13.8. The molecule has 0 saturated heterocycles. The molecule has 104 valence electrons. The lowest BCUT2D eigenvalue weighted by Gasteiger charge is -2.30. The lowest BCUT2D eigenvalue weighted by atomic mass is 10.0. The van der Waals surface area contributed by atoms with E-state index in [1.54, 1.807) is 12.1 Å². The van der Waals surface area contributed by atoms with Gasteiger partial charge in [-0.1, -0.05) is 13.8 Å². The van der Waals surface area contributed by atoms with Gasteiger partial charge < -0.3 is 0 Å². The minimum absolute atomic E-state index is 0.0483. The van der Waals surface area contributed by atoms with Crippen LogP contribution in [-0.2, 0) is 10.0 Å². The van der Waals surface area contributed by atoms with Crippen molar-refractivity contribution in [3.8, 4) is 0 Å². The van der Waals surface area contributed by atoms with Gasteiger partial charge >= 0.3 is 0 Å². The van der Waals surface area contributed by atoms with Gasteiger partial charge in [0.05, 0.1) is 5.69 Å². The first kappa shape index (κ1) is 14.7. The van der Waals surface area contributed by atoms with Crippen molar-refractivity contribution in [2.24, 2.45) is 16.2 Å². The van der Waals surface area contributed by atoms with Crippen molar-refractivity contribution in [1.82, 2.24) is 0 Å². The van der Waals surface area contributed by atoms with Gasteiger partial charge in [-0.2, -0.15) is 8.42 Å². The average Bonchev–Trinajstić information content (AvgIpc) is 2.36. The Hall–Kier alpha value is -0.670. The normalized spacial score (nSPS) is 17.3. The molecule has 0 radical (unpaired) electrons. The van der Waals surface area contributed by atoms with Crippen LogP contribution in [0, 0.1) is 9.49 Å². The Kier molecular flexibility index (Phi) is 4.17.